The van der Waals surface area contributed by atoms with Gasteiger partial charge in [0.25, 0.3) is 0 Å². The number of unbranched alkanes of at least 4 members (excludes halogenated alkanes) is 30. The first-order chi connectivity index (χ1) is 31.6. The highest BCUT2D eigenvalue weighted by Crippen LogP contribution is 2.16. The van der Waals surface area contributed by atoms with Crippen LogP contribution in [-0.4, -0.2) is 37.9 Å². The van der Waals surface area contributed by atoms with Gasteiger partial charge in [-0.05, 0) is 83.5 Å². The highest BCUT2D eigenvalue weighted by molar-refractivity contribution is 5.70. The van der Waals surface area contributed by atoms with Gasteiger partial charge in [0.1, 0.15) is 6.61 Å². The largest absolute Gasteiger partial charge is 0.462 e. The minimum Gasteiger partial charge on any atom is -0.462 e. The van der Waals surface area contributed by atoms with Gasteiger partial charge in [-0.2, -0.15) is 0 Å². The molecule has 5 heteroatoms. The van der Waals surface area contributed by atoms with Gasteiger partial charge < -0.3 is 14.2 Å². The molecule has 64 heavy (non-hydrogen) atoms. The van der Waals surface area contributed by atoms with E-state index in [0.717, 1.165) is 83.5 Å². The monoisotopic (exact) mass is 895 g/mol. The molecule has 0 N–H and O–H groups in total. The van der Waals surface area contributed by atoms with Crippen molar-refractivity contribution in [3.05, 3.63) is 60.8 Å². The molecule has 0 amide bonds. The van der Waals surface area contributed by atoms with Gasteiger partial charge in [0.2, 0.25) is 0 Å². The van der Waals surface area contributed by atoms with E-state index in [4.69, 9.17) is 14.2 Å². The van der Waals surface area contributed by atoms with Crippen LogP contribution in [0.3, 0.4) is 0 Å². The van der Waals surface area contributed by atoms with Crippen LogP contribution in [0, 0.1) is 0 Å². The number of rotatable bonds is 51. The molecule has 0 spiro atoms. The summed E-state index contributed by atoms with van der Waals surface area (Å²) in [6.07, 6.45) is 69.5. The Balaban J connectivity index is 4.26. The fourth-order valence-electron chi connectivity index (χ4n) is 7.91. The zero-order valence-electron chi connectivity index (χ0n) is 42.8. The van der Waals surface area contributed by atoms with Crippen molar-refractivity contribution in [2.75, 3.05) is 19.8 Å². The molecule has 1 atom stereocenters. The molecule has 0 heterocycles. The van der Waals surface area contributed by atoms with E-state index in [9.17, 15) is 9.59 Å². The van der Waals surface area contributed by atoms with Crippen molar-refractivity contribution in [1.82, 2.24) is 0 Å². The van der Waals surface area contributed by atoms with E-state index in [1.807, 2.05) is 0 Å². The molecule has 0 bridgehead atoms. The molecule has 0 fully saturated rings. The Morgan fingerprint density at radius 1 is 0.359 bits per heavy atom. The van der Waals surface area contributed by atoms with Crippen molar-refractivity contribution in [1.29, 1.82) is 0 Å². The summed E-state index contributed by atoms with van der Waals surface area (Å²) >= 11 is 0. The fraction of sp³-hybridized carbons (Fsp3) is 0.797. The van der Waals surface area contributed by atoms with Crippen LogP contribution in [0.5, 0.6) is 0 Å². The third-order valence-corrected chi connectivity index (χ3v) is 12.0. The molecule has 0 saturated heterocycles. The minimum atomic E-state index is -0.553. The third kappa shape index (κ3) is 52.2. The van der Waals surface area contributed by atoms with E-state index in [2.05, 4.69) is 81.5 Å². The predicted octanol–water partition coefficient (Wildman–Crippen LogP) is 18.9. The second-order valence-corrected chi connectivity index (χ2v) is 18.5. The third-order valence-electron chi connectivity index (χ3n) is 12.0. The van der Waals surface area contributed by atoms with Crippen LogP contribution in [0.25, 0.3) is 0 Å². The van der Waals surface area contributed by atoms with Gasteiger partial charge in [0.15, 0.2) is 6.10 Å². The number of hydrogen-bond acceptors (Lipinski definition) is 5. The maximum Gasteiger partial charge on any atom is 0.306 e. The van der Waals surface area contributed by atoms with Crippen LogP contribution < -0.4 is 0 Å². The Morgan fingerprint density at radius 2 is 0.703 bits per heavy atom. The van der Waals surface area contributed by atoms with Crippen LogP contribution in [0.2, 0.25) is 0 Å². The molecule has 5 nitrogen and oxygen atoms in total. The van der Waals surface area contributed by atoms with Gasteiger partial charge in [0.05, 0.1) is 6.61 Å². The first-order valence-electron chi connectivity index (χ1n) is 27.8. The molecule has 0 saturated carbocycles. The second kappa shape index (κ2) is 54.9. The van der Waals surface area contributed by atoms with Crippen molar-refractivity contribution in [2.45, 2.75) is 284 Å². The molecule has 0 aromatic heterocycles. The quantitative estimate of drug-likeness (QED) is 0.0346. The molecule has 0 aliphatic rings. The number of carbonyl (C=O) groups is 2. The van der Waals surface area contributed by atoms with Crippen LogP contribution >= 0.6 is 0 Å². The molecule has 1 unspecified atom stereocenters. The van der Waals surface area contributed by atoms with E-state index in [-0.39, 0.29) is 25.2 Å². The smallest absolute Gasteiger partial charge is 0.306 e. The topological polar surface area (TPSA) is 61.8 Å². The maximum atomic E-state index is 12.8. The lowest BCUT2D eigenvalue weighted by molar-refractivity contribution is -0.163. The Hall–Kier alpha value is -2.40. The number of ether oxygens (including phenoxy) is 3. The molecule has 0 rings (SSSR count). The lowest BCUT2D eigenvalue weighted by Crippen LogP contribution is -2.30. The average Bonchev–Trinajstić information content (AvgIpc) is 3.30. The summed E-state index contributed by atoms with van der Waals surface area (Å²) in [6.45, 7) is 7.69. The Labute approximate surface area is 398 Å². The van der Waals surface area contributed by atoms with E-state index in [1.54, 1.807) is 0 Å². The van der Waals surface area contributed by atoms with Gasteiger partial charge >= 0.3 is 11.9 Å². The van der Waals surface area contributed by atoms with Gasteiger partial charge in [-0.25, -0.2) is 0 Å². The Morgan fingerprint density at radius 3 is 1.17 bits per heavy atom. The lowest BCUT2D eigenvalue weighted by atomic mass is 10.0. The standard InChI is InChI=1S/C59H106O5/c1-4-7-10-13-16-19-22-25-27-29-31-33-36-39-42-45-48-51-54-62-55-57(64-59(61)53-50-47-44-41-38-34-24-21-18-15-12-9-6-3)56-63-58(60)52-49-46-43-40-37-35-32-30-28-26-23-20-17-14-11-8-5-2/h9,12,17-18,20-21,26,28,34,38,57H,4-8,10-11,13-16,19,22-25,27,29-33,35-37,39-56H2,1-3H3/b12-9-,20-17-,21-18-,28-26-,38-34-. The van der Waals surface area contributed by atoms with E-state index in [0.29, 0.717) is 19.4 Å². The fourth-order valence-corrected chi connectivity index (χ4v) is 7.91. The minimum absolute atomic E-state index is 0.0710. The highest BCUT2D eigenvalue weighted by atomic mass is 16.6. The summed E-state index contributed by atoms with van der Waals surface area (Å²) in [5, 5.41) is 0. The van der Waals surface area contributed by atoms with Crippen LogP contribution in [0.1, 0.15) is 278 Å². The van der Waals surface area contributed by atoms with Crippen LogP contribution in [-0.2, 0) is 23.8 Å². The highest BCUT2D eigenvalue weighted by Gasteiger charge is 2.17. The molecule has 0 aromatic rings. The Kier molecular flexibility index (Phi) is 52.9. The zero-order chi connectivity index (χ0) is 46.3. The molecule has 0 aliphatic carbocycles. The molecular formula is C59H106O5. The van der Waals surface area contributed by atoms with Gasteiger partial charge in [-0.3, -0.25) is 9.59 Å². The number of carbonyl (C=O) groups excluding carboxylic acids is 2. The summed E-state index contributed by atoms with van der Waals surface area (Å²) in [5.74, 6) is -0.430. The maximum absolute atomic E-state index is 12.8. The van der Waals surface area contributed by atoms with Crippen LogP contribution in [0.4, 0.5) is 0 Å². The SMILES string of the molecule is CC/C=C\C/C=C\C/C=C\CCCCCC(=O)OC(COCCCCCCCCCCCCCCCCCCCC)COC(=O)CCCCCCCCC/C=C\C/C=C\CCCCC. The van der Waals surface area contributed by atoms with E-state index < -0.39 is 6.10 Å². The normalized spacial score (nSPS) is 12.6. The van der Waals surface area contributed by atoms with Crippen molar-refractivity contribution in [3.8, 4) is 0 Å². The van der Waals surface area contributed by atoms with Crippen molar-refractivity contribution in [2.24, 2.45) is 0 Å². The number of hydrogen-bond donors (Lipinski definition) is 0. The molecule has 372 valence electrons. The Bertz CT molecular complexity index is 1100. The first-order valence-corrected chi connectivity index (χ1v) is 27.8. The molecular weight excluding hydrogens is 789 g/mol. The summed E-state index contributed by atoms with van der Waals surface area (Å²) in [7, 11) is 0. The lowest BCUT2D eigenvalue weighted by Gasteiger charge is -2.18. The number of allylic oxidation sites excluding steroid dienone is 10. The molecule has 0 aromatic carbocycles. The van der Waals surface area contributed by atoms with Gasteiger partial charge in [-0.1, -0.05) is 242 Å². The number of esters is 2. The van der Waals surface area contributed by atoms with Crippen LogP contribution in [0.15, 0.2) is 60.8 Å². The van der Waals surface area contributed by atoms with E-state index in [1.165, 1.54) is 161 Å². The van der Waals surface area contributed by atoms with Crippen molar-refractivity contribution >= 4 is 11.9 Å². The molecule has 0 aliphatic heterocycles. The summed E-state index contributed by atoms with van der Waals surface area (Å²) in [4.78, 5) is 25.4. The second-order valence-electron chi connectivity index (χ2n) is 18.5. The van der Waals surface area contributed by atoms with Crippen molar-refractivity contribution in [3.63, 3.8) is 0 Å². The molecule has 0 radical (unpaired) electrons. The zero-order valence-corrected chi connectivity index (χ0v) is 42.8. The first kappa shape index (κ1) is 61.6. The predicted molar refractivity (Wildman–Crippen MR) is 279 cm³/mol. The van der Waals surface area contributed by atoms with Gasteiger partial charge in [-0.15, -0.1) is 0 Å². The van der Waals surface area contributed by atoms with Gasteiger partial charge in [0, 0.05) is 19.4 Å². The average molecular weight is 895 g/mol. The van der Waals surface area contributed by atoms with E-state index >= 15 is 0 Å². The summed E-state index contributed by atoms with van der Waals surface area (Å²) in [6, 6.07) is 0. The summed E-state index contributed by atoms with van der Waals surface area (Å²) < 4.78 is 17.4. The summed E-state index contributed by atoms with van der Waals surface area (Å²) in [5.41, 5.74) is 0. The van der Waals surface area contributed by atoms with Crippen molar-refractivity contribution < 1.29 is 23.8 Å².